The van der Waals surface area contributed by atoms with E-state index < -0.39 is 0 Å². The third kappa shape index (κ3) is 2.33. The highest BCUT2D eigenvalue weighted by molar-refractivity contribution is 5.89. The molecule has 0 radical (unpaired) electrons. The molecule has 3 nitrogen and oxygen atoms in total. The number of hydrogen-bond donors (Lipinski definition) is 1. The van der Waals surface area contributed by atoms with Gasteiger partial charge in [-0.1, -0.05) is 17.7 Å². The van der Waals surface area contributed by atoms with Crippen molar-refractivity contribution in [1.82, 2.24) is 5.32 Å². The molecular formula is C22H24N2O. The van der Waals surface area contributed by atoms with Gasteiger partial charge in [0.2, 0.25) is 0 Å². The van der Waals surface area contributed by atoms with Crippen LogP contribution in [0.1, 0.15) is 39.4 Å². The lowest BCUT2D eigenvalue weighted by atomic mass is 9.78. The summed E-state index contributed by atoms with van der Waals surface area (Å²) >= 11 is 0. The van der Waals surface area contributed by atoms with Gasteiger partial charge in [0.05, 0.1) is 0 Å². The number of nitrogens with zero attached hydrogens (tertiary/aromatic N) is 1. The first kappa shape index (κ1) is 15.2. The zero-order valence-electron chi connectivity index (χ0n) is 14.7. The molecule has 0 aliphatic carbocycles. The molecule has 0 spiro atoms. The first-order chi connectivity index (χ1) is 12.2. The van der Waals surface area contributed by atoms with Crippen molar-refractivity contribution in [1.29, 1.82) is 0 Å². The van der Waals surface area contributed by atoms with Crippen LogP contribution in [0, 0.1) is 12.8 Å². The number of anilines is 1. The average molecular weight is 332 g/mol. The predicted octanol–water partition coefficient (Wildman–Crippen LogP) is 3.54. The van der Waals surface area contributed by atoms with E-state index in [0.29, 0.717) is 5.92 Å². The summed E-state index contributed by atoms with van der Waals surface area (Å²) < 4.78 is 0. The molecule has 1 saturated heterocycles. The molecule has 3 heterocycles. The molecule has 1 N–H and O–H groups in total. The molecule has 0 aromatic heterocycles. The number of carbonyl (C=O) groups excluding carboxylic acids is 1. The summed E-state index contributed by atoms with van der Waals surface area (Å²) in [6.45, 7) is 6.64. The minimum absolute atomic E-state index is 0.619. The highest BCUT2D eigenvalue weighted by Crippen LogP contribution is 2.46. The normalized spacial score (nSPS) is 24.0. The molecule has 5 rings (SSSR count). The standard InChI is InChI=1S/C22H24N2O/c1-14-4-5-19(17(7-14)13-25)16-8-15-3-2-6-24-12-18-10-23-11-21(18)20(9-16)22(15)24/h4-5,7-9,13,18,21,23H,2-3,6,10-12H2,1H3/t18?,21-/m1/s1. The van der Waals surface area contributed by atoms with E-state index in [4.69, 9.17) is 0 Å². The summed E-state index contributed by atoms with van der Waals surface area (Å²) in [7, 11) is 0. The van der Waals surface area contributed by atoms with Crippen LogP contribution in [0.25, 0.3) is 11.1 Å². The Morgan fingerprint density at radius 2 is 2.12 bits per heavy atom. The van der Waals surface area contributed by atoms with Gasteiger partial charge < -0.3 is 10.2 Å². The highest BCUT2D eigenvalue weighted by atomic mass is 16.1. The van der Waals surface area contributed by atoms with E-state index in [1.165, 1.54) is 41.9 Å². The summed E-state index contributed by atoms with van der Waals surface area (Å²) in [6, 6.07) is 10.9. The van der Waals surface area contributed by atoms with Crippen LogP contribution in [0.5, 0.6) is 0 Å². The van der Waals surface area contributed by atoms with E-state index in [1.54, 1.807) is 0 Å². The summed E-state index contributed by atoms with van der Waals surface area (Å²) in [5.41, 5.74) is 8.70. The van der Waals surface area contributed by atoms with E-state index in [2.05, 4.69) is 34.5 Å². The second-order valence-corrected chi connectivity index (χ2v) is 7.86. The maximum Gasteiger partial charge on any atom is 0.150 e. The molecule has 2 aromatic carbocycles. The monoisotopic (exact) mass is 332 g/mol. The van der Waals surface area contributed by atoms with Gasteiger partial charge in [-0.15, -0.1) is 0 Å². The van der Waals surface area contributed by atoms with Crippen molar-refractivity contribution < 1.29 is 4.79 Å². The molecule has 3 aliphatic rings. The Balaban J connectivity index is 1.71. The molecule has 0 saturated carbocycles. The number of fused-ring (bicyclic) bond motifs is 2. The lowest BCUT2D eigenvalue weighted by molar-refractivity contribution is 0.112. The van der Waals surface area contributed by atoms with Crippen LogP contribution < -0.4 is 10.2 Å². The van der Waals surface area contributed by atoms with Gasteiger partial charge in [0, 0.05) is 43.3 Å². The minimum Gasteiger partial charge on any atom is -0.371 e. The Kier molecular flexibility index (Phi) is 3.46. The van der Waals surface area contributed by atoms with Crippen LogP contribution in [0.3, 0.4) is 0 Å². The van der Waals surface area contributed by atoms with Crippen molar-refractivity contribution in [2.24, 2.45) is 5.92 Å². The van der Waals surface area contributed by atoms with E-state index >= 15 is 0 Å². The van der Waals surface area contributed by atoms with Gasteiger partial charge in [-0.3, -0.25) is 4.79 Å². The van der Waals surface area contributed by atoms with Crippen LogP contribution in [0.2, 0.25) is 0 Å². The van der Waals surface area contributed by atoms with Gasteiger partial charge in [0.25, 0.3) is 0 Å². The Labute approximate surface area is 149 Å². The Bertz CT molecular complexity index is 857. The number of aldehydes is 1. The third-order valence-electron chi connectivity index (χ3n) is 6.25. The zero-order valence-corrected chi connectivity index (χ0v) is 14.7. The number of rotatable bonds is 2. The fourth-order valence-electron chi connectivity index (χ4n) is 5.10. The summed E-state index contributed by atoms with van der Waals surface area (Å²) in [4.78, 5) is 14.2. The summed E-state index contributed by atoms with van der Waals surface area (Å²) in [5.74, 6) is 1.34. The first-order valence-corrected chi connectivity index (χ1v) is 9.43. The largest absolute Gasteiger partial charge is 0.371 e. The van der Waals surface area contributed by atoms with E-state index in [-0.39, 0.29) is 0 Å². The van der Waals surface area contributed by atoms with Crippen molar-refractivity contribution in [2.45, 2.75) is 25.7 Å². The van der Waals surface area contributed by atoms with E-state index in [9.17, 15) is 4.79 Å². The summed E-state index contributed by atoms with van der Waals surface area (Å²) in [5, 5.41) is 3.60. The van der Waals surface area contributed by atoms with E-state index in [1.807, 2.05) is 13.0 Å². The van der Waals surface area contributed by atoms with Gasteiger partial charge in [-0.2, -0.15) is 0 Å². The first-order valence-electron chi connectivity index (χ1n) is 9.43. The molecule has 0 bridgehead atoms. The lowest BCUT2D eigenvalue weighted by Gasteiger charge is -2.42. The van der Waals surface area contributed by atoms with Gasteiger partial charge in [-0.25, -0.2) is 0 Å². The van der Waals surface area contributed by atoms with Gasteiger partial charge >= 0.3 is 0 Å². The van der Waals surface area contributed by atoms with Crippen molar-refractivity contribution >= 4 is 12.0 Å². The lowest BCUT2D eigenvalue weighted by Crippen LogP contribution is -2.41. The molecule has 0 amide bonds. The molecule has 128 valence electrons. The fraction of sp³-hybridized carbons (Fsp3) is 0.409. The third-order valence-corrected chi connectivity index (χ3v) is 6.25. The Morgan fingerprint density at radius 3 is 3.00 bits per heavy atom. The zero-order chi connectivity index (χ0) is 17.0. The molecule has 2 aromatic rings. The molecule has 2 atom stereocenters. The van der Waals surface area contributed by atoms with Crippen molar-refractivity contribution in [3.63, 3.8) is 0 Å². The Morgan fingerprint density at radius 1 is 1.20 bits per heavy atom. The second kappa shape index (κ2) is 5.70. The Hall–Kier alpha value is -2.13. The van der Waals surface area contributed by atoms with Crippen LogP contribution in [0.15, 0.2) is 30.3 Å². The maximum atomic E-state index is 11.6. The number of benzene rings is 2. The maximum absolute atomic E-state index is 11.6. The van der Waals surface area contributed by atoms with Crippen LogP contribution in [-0.2, 0) is 6.42 Å². The van der Waals surface area contributed by atoms with Crippen LogP contribution in [-0.4, -0.2) is 32.5 Å². The SMILES string of the molecule is Cc1ccc(-c2cc3c4c(c2)[C@@H]2CNCC2CN4CCC3)c(C=O)c1. The number of carbonyl (C=O) groups is 1. The topological polar surface area (TPSA) is 32.3 Å². The van der Waals surface area contributed by atoms with E-state index in [0.717, 1.165) is 48.4 Å². The number of hydrogen-bond acceptors (Lipinski definition) is 3. The highest BCUT2D eigenvalue weighted by Gasteiger charge is 2.38. The molecule has 3 heteroatoms. The number of nitrogens with one attached hydrogen (secondary N) is 1. The van der Waals surface area contributed by atoms with Gasteiger partial charge in [0.1, 0.15) is 0 Å². The van der Waals surface area contributed by atoms with Gasteiger partial charge in [0.15, 0.2) is 6.29 Å². The fourth-order valence-corrected chi connectivity index (χ4v) is 5.10. The van der Waals surface area contributed by atoms with Crippen molar-refractivity contribution in [3.05, 3.63) is 52.6 Å². The quantitative estimate of drug-likeness (QED) is 0.854. The summed E-state index contributed by atoms with van der Waals surface area (Å²) in [6.07, 6.45) is 3.38. The average Bonchev–Trinajstić information content (AvgIpc) is 3.10. The molecule has 1 fully saturated rings. The van der Waals surface area contributed by atoms with Crippen LogP contribution >= 0.6 is 0 Å². The molecule has 1 unspecified atom stereocenters. The molecule has 3 aliphatic heterocycles. The molecular weight excluding hydrogens is 308 g/mol. The predicted molar refractivity (Wildman–Crippen MR) is 102 cm³/mol. The number of aryl methyl sites for hydroxylation is 2. The van der Waals surface area contributed by atoms with Gasteiger partial charge in [-0.05, 0) is 66.1 Å². The van der Waals surface area contributed by atoms with Crippen LogP contribution in [0.4, 0.5) is 5.69 Å². The van der Waals surface area contributed by atoms with Crippen molar-refractivity contribution in [2.75, 3.05) is 31.1 Å². The smallest absolute Gasteiger partial charge is 0.150 e. The van der Waals surface area contributed by atoms with Crippen molar-refractivity contribution in [3.8, 4) is 11.1 Å². The second-order valence-electron chi connectivity index (χ2n) is 7.86. The minimum atomic E-state index is 0.619. The molecule has 25 heavy (non-hydrogen) atoms.